The van der Waals surface area contributed by atoms with Crippen molar-refractivity contribution in [2.75, 3.05) is 12.4 Å². The van der Waals surface area contributed by atoms with E-state index >= 15 is 0 Å². The molecule has 0 amide bonds. The van der Waals surface area contributed by atoms with E-state index in [9.17, 15) is 0 Å². The number of halogens is 1. The van der Waals surface area contributed by atoms with Crippen LogP contribution >= 0.6 is 15.9 Å². The molecule has 102 valence electrons. The number of rotatable bonds is 6. The molecule has 0 aliphatic rings. The summed E-state index contributed by atoms with van der Waals surface area (Å²) in [4.78, 5) is 0. The maximum absolute atomic E-state index is 5.42. The van der Waals surface area contributed by atoms with Crippen molar-refractivity contribution in [2.24, 2.45) is 11.3 Å². The maximum Gasteiger partial charge on any atom is 0.122 e. The third kappa shape index (κ3) is 5.43. The number of benzene rings is 1. The molecule has 0 spiro atoms. The van der Waals surface area contributed by atoms with E-state index in [0.717, 1.165) is 17.5 Å². The van der Waals surface area contributed by atoms with Crippen LogP contribution in [0.1, 0.15) is 39.2 Å². The third-order valence-electron chi connectivity index (χ3n) is 3.22. The minimum Gasteiger partial charge on any atom is -0.496 e. The van der Waals surface area contributed by atoms with Crippen molar-refractivity contribution in [3.05, 3.63) is 29.8 Å². The molecular weight excluding hydrogens is 288 g/mol. The summed E-state index contributed by atoms with van der Waals surface area (Å²) in [6, 6.07) is 8.34. The van der Waals surface area contributed by atoms with Gasteiger partial charge in [-0.3, -0.25) is 0 Å². The van der Waals surface area contributed by atoms with Crippen LogP contribution in [0.5, 0.6) is 5.75 Å². The first-order valence-corrected chi connectivity index (χ1v) is 7.76. The van der Waals surface area contributed by atoms with Gasteiger partial charge in [0, 0.05) is 5.33 Å². The van der Waals surface area contributed by atoms with E-state index in [0.29, 0.717) is 11.3 Å². The fraction of sp³-hybridized carbons (Fsp3) is 0.625. The summed E-state index contributed by atoms with van der Waals surface area (Å²) in [5, 5.41) is 1.06. The first-order chi connectivity index (χ1) is 8.46. The second-order valence-corrected chi connectivity index (χ2v) is 6.78. The minimum absolute atomic E-state index is 0.418. The molecule has 0 fully saturated rings. The van der Waals surface area contributed by atoms with Crippen LogP contribution < -0.4 is 4.74 Å². The Morgan fingerprint density at radius 1 is 1.22 bits per heavy atom. The lowest BCUT2D eigenvalue weighted by molar-refractivity contribution is 0.330. The van der Waals surface area contributed by atoms with Crippen LogP contribution in [0.3, 0.4) is 0 Å². The first kappa shape index (κ1) is 15.6. The molecule has 1 aromatic carbocycles. The number of hydrogen-bond acceptors (Lipinski definition) is 1. The van der Waals surface area contributed by atoms with Crippen molar-refractivity contribution in [2.45, 2.75) is 40.0 Å². The molecule has 0 saturated heterocycles. The summed E-state index contributed by atoms with van der Waals surface area (Å²) >= 11 is 3.65. The van der Waals surface area contributed by atoms with Gasteiger partial charge in [0.15, 0.2) is 0 Å². The van der Waals surface area contributed by atoms with Crippen molar-refractivity contribution in [1.82, 2.24) is 0 Å². The standard InChI is InChI=1S/C16H25BrO/c1-16(2,3)10-9-13(12-17)11-14-7-5-6-8-15(14)18-4/h5-8,13H,9-12H2,1-4H3. The lowest BCUT2D eigenvalue weighted by Gasteiger charge is -2.22. The fourth-order valence-corrected chi connectivity index (χ4v) is 2.61. The molecule has 0 aromatic heterocycles. The third-order valence-corrected chi connectivity index (χ3v) is 4.14. The number of methoxy groups -OCH3 is 1. The second kappa shape index (κ2) is 7.18. The SMILES string of the molecule is COc1ccccc1CC(CBr)CCC(C)(C)C. The van der Waals surface area contributed by atoms with E-state index in [4.69, 9.17) is 4.74 Å². The van der Waals surface area contributed by atoms with Gasteiger partial charge in [-0.2, -0.15) is 0 Å². The summed E-state index contributed by atoms with van der Waals surface area (Å²) in [7, 11) is 1.75. The monoisotopic (exact) mass is 312 g/mol. The van der Waals surface area contributed by atoms with Crippen LogP contribution in [0.25, 0.3) is 0 Å². The normalized spacial score (nSPS) is 13.4. The largest absolute Gasteiger partial charge is 0.496 e. The van der Waals surface area contributed by atoms with Crippen molar-refractivity contribution in [3.63, 3.8) is 0 Å². The molecule has 0 aliphatic carbocycles. The Labute approximate surface area is 120 Å². The molecule has 0 heterocycles. The van der Waals surface area contributed by atoms with E-state index < -0.39 is 0 Å². The second-order valence-electron chi connectivity index (χ2n) is 6.14. The zero-order valence-electron chi connectivity index (χ0n) is 12.0. The van der Waals surface area contributed by atoms with E-state index in [-0.39, 0.29) is 0 Å². The van der Waals surface area contributed by atoms with Gasteiger partial charge < -0.3 is 4.74 Å². The van der Waals surface area contributed by atoms with Gasteiger partial charge in [-0.25, -0.2) is 0 Å². The van der Waals surface area contributed by atoms with E-state index in [1.807, 2.05) is 12.1 Å². The Kier molecular flexibility index (Phi) is 6.20. The molecule has 0 N–H and O–H groups in total. The summed E-state index contributed by atoms with van der Waals surface area (Å²) in [5.74, 6) is 1.69. The average molecular weight is 313 g/mol. The van der Waals surface area contributed by atoms with Crippen LogP contribution in [0.15, 0.2) is 24.3 Å². The Morgan fingerprint density at radius 3 is 2.44 bits per heavy atom. The van der Waals surface area contributed by atoms with Crippen molar-refractivity contribution in [1.29, 1.82) is 0 Å². The van der Waals surface area contributed by atoms with E-state index in [1.54, 1.807) is 7.11 Å². The molecule has 1 unspecified atom stereocenters. The predicted molar refractivity (Wildman–Crippen MR) is 82.7 cm³/mol. The summed E-state index contributed by atoms with van der Waals surface area (Å²) in [6.07, 6.45) is 3.61. The molecule has 0 bridgehead atoms. The van der Waals surface area contributed by atoms with Gasteiger partial charge in [0.2, 0.25) is 0 Å². The Hall–Kier alpha value is -0.500. The molecule has 1 nitrogen and oxygen atoms in total. The molecule has 1 atom stereocenters. The summed E-state index contributed by atoms with van der Waals surface area (Å²) < 4.78 is 5.42. The van der Waals surface area contributed by atoms with Crippen LogP contribution in [-0.2, 0) is 6.42 Å². The van der Waals surface area contributed by atoms with E-state index in [1.165, 1.54) is 18.4 Å². The van der Waals surface area contributed by atoms with Gasteiger partial charge in [0.05, 0.1) is 7.11 Å². The average Bonchev–Trinajstić information content (AvgIpc) is 2.33. The van der Waals surface area contributed by atoms with Gasteiger partial charge in [-0.1, -0.05) is 54.9 Å². The minimum atomic E-state index is 0.418. The highest BCUT2D eigenvalue weighted by Crippen LogP contribution is 2.28. The van der Waals surface area contributed by atoms with Crippen molar-refractivity contribution >= 4 is 15.9 Å². The molecule has 0 radical (unpaired) electrons. The number of para-hydroxylation sites is 1. The molecular formula is C16H25BrO. The quantitative estimate of drug-likeness (QED) is 0.666. The predicted octanol–water partition coefficient (Wildman–Crippen LogP) is 5.08. The summed E-state index contributed by atoms with van der Waals surface area (Å²) in [6.45, 7) is 6.92. The highest BCUT2D eigenvalue weighted by Gasteiger charge is 2.16. The smallest absolute Gasteiger partial charge is 0.122 e. The Balaban J connectivity index is 2.62. The van der Waals surface area contributed by atoms with E-state index in [2.05, 4.69) is 48.8 Å². The maximum atomic E-state index is 5.42. The van der Waals surface area contributed by atoms with Gasteiger partial charge in [-0.05, 0) is 42.2 Å². The molecule has 0 aliphatic heterocycles. The lowest BCUT2D eigenvalue weighted by atomic mass is 9.85. The summed E-state index contributed by atoms with van der Waals surface area (Å²) in [5.41, 5.74) is 1.74. The van der Waals surface area contributed by atoms with Gasteiger partial charge >= 0.3 is 0 Å². The zero-order valence-corrected chi connectivity index (χ0v) is 13.6. The van der Waals surface area contributed by atoms with Gasteiger partial charge in [0.25, 0.3) is 0 Å². The number of ether oxygens (including phenoxy) is 1. The highest BCUT2D eigenvalue weighted by atomic mass is 79.9. The number of alkyl halides is 1. The molecule has 18 heavy (non-hydrogen) atoms. The van der Waals surface area contributed by atoms with Crippen LogP contribution in [0, 0.1) is 11.3 Å². The van der Waals surface area contributed by atoms with Crippen molar-refractivity contribution < 1.29 is 4.74 Å². The van der Waals surface area contributed by atoms with Crippen LogP contribution in [-0.4, -0.2) is 12.4 Å². The molecule has 2 heteroatoms. The highest BCUT2D eigenvalue weighted by molar-refractivity contribution is 9.09. The van der Waals surface area contributed by atoms with Crippen molar-refractivity contribution in [3.8, 4) is 5.75 Å². The van der Waals surface area contributed by atoms with Crippen LogP contribution in [0.2, 0.25) is 0 Å². The lowest BCUT2D eigenvalue weighted by Crippen LogP contribution is -2.12. The van der Waals surface area contributed by atoms with Gasteiger partial charge in [-0.15, -0.1) is 0 Å². The number of hydrogen-bond donors (Lipinski definition) is 0. The zero-order chi connectivity index (χ0) is 13.6. The van der Waals surface area contributed by atoms with Crippen LogP contribution in [0.4, 0.5) is 0 Å². The molecule has 1 rings (SSSR count). The fourth-order valence-electron chi connectivity index (χ4n) is 2.05. The Bertz CT molecular complexity index is 354. The van der Waals surface area contributed by atoms with Gasteiger partial charge in [0.1, 0.15) is 5.75 Å². The Morgan fingerprint density at radius 2 is 1.89 bits per heavy atom. The first-order valence-electron chi connectivity index (χ1n) is 6.64. The molecule has 1 aromatic rings. The topological polar surface area (TPSA) is 9.23 Å². The molecule has 0 saturated carbocycles.